The summed E-state index contributed by atoms with van der Waals surface area (Å²) in [7, 11) is 1.61. The van der Waals surface area contributed by atoms with E-state index in [1.165, 1.54) is 6.33 Å². The smallest absolute Gasteiger partial charge is 0.246 e. The molecule has 35 heavy (non-hydrogen) atoms. The van der Waals surface area contributed by atoms with E-state index >= 15 is 0 Å². The second kappa shape index (κ2) is 12.0. The number of halogens is 1. The van der Waals surface area contributed by atoms with Crippen molar-refractivity contribution in [3.8, 4) is 5.75 Å². The molecule has 2 aromatic carbocycles. The number of aromatic nitrogens is 2. The zero-order valence-electron chi connectivity index (χ0n) is 19.7. The van der Waals surface area contributed by atoms with Gasteiger partial charge in [-0.2, -0.15) is 0 Å². The lowest BCUT2D eigenvalue weighted by Gasteiger charge is -2.31. The van der Waals surface area contributed by atoms with E-state index < -0.39 is 0 Å². The average molecular weight is 542 g/mol. The highest BCUT2D eigenvalue weighted by atomic mass is 79.9. The van der Waals surface area contributed by atoms with E-state index in [-0.39, 0.29) is 12.2 Å². The van der Waals surface area contributed by atoms with Gasteiger partial charge in [0.1, 0.15) is 17.9 Å². The summed E-state index contributed by atoms with van der Waals surface area (Å²) in [5, 5.41) is 7.51. The highest BCUT2D eigenvalue weighted by Gasteiger charge is 2.22. The molecular formula is C25H28BrN5O4. The molecule has 2 heterocycles. The van der Waals surface area contributed by atoms with Crippen molar-refractivity contribution >= 4 is 49.9 Å². The molecule has 10 heteroatoms. The van der Waals surface area contributed by atoms with Crippen LogP contribution in [0.1, 0.15) is 6.92 Å². The third kappa shape index (κ3) is 6.47. The van der Waals surface area contributed by atoms with Crippen LogP contribution >= 0.6 is 15.9 Å². The Bertz CT molecular complexity index is 1200. The summed E-state index contributed by atoms with van der Waals surface area (Å²) in [6.07, 6.45) is 4.51. The summed E-state index contributed by atoms with van der Waals surface area (Å²) in [4.78, 5) is 23.1. The number of ether oxygens (including phenoxy) is 3. The van der Waals surface area contributed by atoms with Crippen molar-refractivity contribution in [3.63, 3.8) is 0 Å². The Balaban J connectivity index is 1.46. The van der Waals surface area contributed by atoms with E-state index in [1.54, 1.807) is 24.2 Å². The van der Waals surface area contributed by atoms with Gasteiger partial charge in [-0.25, -0.2) is 9.97 Å². The number of carbonyl (C=O) groups is 1. The molecule has 0 bridgehead atoms. The Morgan fingerprint density at radius 1 is 1.31 bits per heavy atom. The van der Waals surface area contributed by atoms with Crippen LogP contribution in [0.15, 0.2) is 59.4 Å². The zero-order chi connectivity index (χ0) is 24.6. The number of anilines is 3. The zero-order valence-corrected chi connectivity index (χ0v) is 21.2. The first kappa shape index (κ1) is 24.9. The number of amides is 1. The predicted octanol–water partition coefficient (Wildman–Crippen LogP) is 4.33. The fourth-order valence-electron chi connectivity index (χ4n) is 3.73. The largest absolute Gasteiger partial charge is 0.495 e. The van der Waals surface area contributed by atoms with Crippen LogP contribution in [0.5, 0.6) is 5.75 Å². The number of fused-ring (bicyclic) bond motifs is 1. The molecule has 0 saturated carbocycles. The number of carbonyl (C=O) groups excluding carboxylic acids is 1. The van der Waals surface area contributed by atoms with Gasteiger partial charge in [-0.3, -0.25) is 4.79 Å². The van der Waals surface area contributed by atoms with Gasteiger partial charge in [0.05, 0.1) is 31.5 Å². The summed E-state index contributed by atoms with van der Waals surface area (Å²) in [6.45, 7) is 4.33. The SMILES string of the molecule is CCOC1CN(C(=O)C=CCNc2cc3c(Nc4cccc(Br)c4)ncnc3cc2OC)CCO1. The summed E-state index contributed by atoms with van der Waals surface area (Å²) in [5.74, 6) is 1.26. The van der Waals surface area contributed by atoms with Crippen molar-refractivity contribution in [1.29, 1.82) is 0 Å². The van der Waals surface area contributed by atoms with E-state index in [1.807, 2.05) is 43.3 Å². The Hall–Kier alpha value is -3.21. The molecule has 1 aromatic heterocycles. The number of benzene rings is 2. The van der Waals surface area contributed by atoms with Crippen molar-refractivity contribution in [2.24, 2.45) is 0 Å². The Kier molecular flexibility index (Phi) is 8.51. The van der Waals surface area contributed by atoms with Gasteiger partial charge in [0.2, 0.25) is 5.91 Å². The molecule has 184 valence electrons. The minimum absolute atomic E-state index is 0.0702. The molecule has 1 fully saturated rings. The number of nitrogens with one attached hydrogen (secondary N) is 2. The molecule has 1 aliphatic heterocycles. The van der Waals surface area contributed by atoms with Crippen LogP contribution in [-0.2, 0) is 14.3 Å². The number of hydrogen-bond donors (Lipinski definition) is 2. The van der Waals surface area contributed by atoms with Crippen LogP contribution in [-0.4, -0.2) is 67.0 Å². The van der Waals surface area contributed by atoms with E-state index in [2.05, 4.69) is 36.5 Å². The highest BCUT2D eigenvalue weighted by molar-refractivity contribution is 9.10. The number of hydrogen-bond acceptors (Lipinski definition) is 8. The van der Waals surface area contributed by atoms with Crippen molar-refractivity contribution in [2.45, 2.75) is 13.2 Å². The Morgan fingerprint density at radius 3 is 3.00 bits per heavy atom. The topological polar surface area (TPSA) is 97.8 Å². The van der Waals surface area contributed by atoms with Crippen molar-refractivity contribution in [2.75, 3.05) is 50.6 Å². The normalized spacial score (nSPS) is 16.0. The number of nitrogens with zero attached hydrogens (tertiary/aromatic N) is 3. The van der Waals surface area contributed by atoms with Crippen LogP contribution in [0.4, 0.5) is 17.2 Å². The first-order valence-corrected chi connectivity index (χ1v) is 12.1. The van der Waals surface area contributed by atoms with E-state index in [0.717, 1.165) is 26.8 Å². The first-order valence-electron chi connectivity index (χ1n) is 11.3. The second-order valence-corrected chi connectivity index (χ2v) is 8.67. The maximum absolute atomic E-state index is 12.5. The number of morpholine rings is 1. The van der Waals surface area contributed by atoms with E-state index in [4.69, 9.17) is 14.2 Å². The molecule has 1 atom stereocenters. The van der Waals surface area contributed by atoms with Crippen molar-refractivity contribution in [3.05, 3.63) is 59.4 Å². The monoisotopic (exact) mass is 541 g/mol. The minimum atomic E-state index is -0.367. The van der Waals surface area contributed by atoms with E-state index in [0.29, 0.717) is 44.4 Å². The molecule has 0 aliphatic carbocycles. The molecule has 9 nitrogen and oxygen atoms in total. The predicted molar refractivity (Wildman–Crippen MR) is 139 cm³/mol. The quantitative estimate of drug-likeness (QED) is 0.386. The summed E-state index contributed by atoms with van der Waals surface area (Å²) in [6, 6.07) is 11.7. The van der Waals surface area contributed by atoms with Crippen molar-refractivity contribution < 1.29 is 19.0 Å². The van der Waals surface area contributed by atoms with Gasteiger partial charge >= 0.3 is 0 Å². The standard InChI is InChI=1S/C25H28BrN5O4/c1-3-34-24-15-31(10-11-35-24)23(32)8-5-9-27-21-13-19-20(14-22(21)33-2)28-16-29-25(19)30-18-7-4-6-17(26)12-18/h4-8,12-14,16,24,27H,3,9-11,15H2,1-2H3,(H,28,29,30). The van der Waals surface area contributed by atoms with Gasteiger partial charge in [-0.1, -0.05) is 28.1 Å². The maximum Gasteiger partial charge on any atom is 0.246 e. The molecule has 4 rings (SSSR count). The van der Waals surface area contributed by atoms with Gasteiger partial charge in [0, 0.05) is 47.4 Å². The Morgan fingerprint density at radius 2 is 2.20 bits per heavy atom. The van der Waals surface area contributed by atoms with Gasteiger partial charge < -0.3 is 29.7 Å². The van der Waals surface area contributed by atoms with Crippen LogP contribution in [0, 0.1) is 0 Å². The fraction of sp³-hybridized carbons (Fsp3) is 0.320. The Labute approximate surface area is 212 Å². The summed E-state index contributed by atoms with van der Waals surface area (Å²) in [5.41, 5.74) is 2.43. The molecule has 0 spiro atoms. The molecular weight excluding hydrogens is 514 g/mol. The van der Waals surface area contributed by atoms with Gasteiger partial charge in [-0.05, 0) is 31.2 Å². The minimum Gasteiger partial charge on any atom is -0.495 e. The third-order valence-corrected chi connectivity index (χ3v) is 5.91. The van der Waals surface area contributed by atoms with Gasteiger partial charge in [0.25, 0.3) is 0 Å². The van der Waals surface area contributed by atoms with Crippen LogP contribution in [0.3, 0.4) is 0 Å². The maximum atomic E-state index is 12.5. The van der Waals surface area contributed by atoms with Gasteiger partial charge in [-0.15, -0.1) is 0 Å². The molecule has 1 amide bonds. The lowest BCUT2D eigenvalue weighted by Crippen LogP contribution is -2.46. The fourth-order valence-corrected chi connectivity index (χ4v) is 4.13. The lowest BCUT2D eigenvalue weighted by atomic mass is 10.2. The number of rotatable bonds is 9. The van der Waals surface area contributed by atoms with Crippen molar-refractivity contribution in [1.82, 2.24) is 14.9 Å². The summed E-state index contributed by atoms with van der Waals surface area (Å²) >= 11 is 3.49. The summed E-state index contributed by atoms with van der Waals surface area (Å²) < 4.78 is 17.5. The highest BCUT2D eigenvalue weighted by Crippen LogP contribution is 2.33. The lowest BCUT2D eigenvalue weighted by molar-refractivity contribution is -0.181. The second-order valence-electron chi connectivity index (χ2n) is 7.75. The van der Waals surface area contributed by atoms with Crippen LogP contribution in [0.2, 0.25) is 0 Å². The molecule has 1 aliphatic rings. The molecule has 3 aromatic rings. The van der Waals surface area contributed by atoms with E-state index in [9.17, 15) is 4.79 Å². The molecule has 2 N–H and O–H groups in total. The molecule has 0 radical (unpaired) electrons. The number of methoxy groups -OCH3 is 1. The first-order chi connectivity index (χ1) is 17.1. The average Bonchev–Trinajstić information content (AvgIpc) is 2.86. The van der Waals surface area contributed by atoms with Crippen LogP contribution < -0.4 is 15.4 Å². The third-order valence-electron chi connectivity index (χ3n) is 5.41. The van der Waals surface area contributed by atoms with Crippen LogP contribution in [0.25, 0.3) is 10.9 Å². The van der Waals surface area contributed by atoms with Gasteiger partial charge in [0.15, 0.2) is 6.29 Å². The molecule has 1 unspecified atom stereocenters. The molecule has 1 saturated heterocycles.